The number of likely N-dealkylation sites (N-methyl/N-ethyl adjacent to an activating group) is 1. The van der Waals surface area contributed by atoms with Gasteiger partial charge in [0.05, 0.1) is 0 Å². The zero-order valence-electron chi connectivity index (χ0n) is 14.4. The summed E-state index contributed by atoms with van der Waals surface area (Å²) >= 11 is 5.89. The van der Waals surface area contributed by atoms with E-state index in [1.807, 2.05) is 24.3 Å². The molecule has 26 heavy (non-hydrogen) atoms. The van der Waals surface area contributed by atoms with Crippen LogP contribution in [0.2, 0.25) is 5.02 Å². The van der Waals surface area contributed by atoms with Crippen LogP contribution >= 0.6 is 11.6 Å². The Morgan fingerprint density at radius 1 is 1.08 bits per heavy atom. The molecule has 0 fully saturated rings. The van der Waals surface area contributed by atoms with Crippen LogP contribution in [0, 0.1) is 0 Å². The van der Waals surface area contributed by atoms with E-state index < -0.39 is 0 Å². The lowest BCUT2D eigenvalue weighted by Crippen LogP contribution is -2.28. The van der Waals surface area contributed by atoms with E-state index >= 15 is 0 Å². The van der Waals surface area contributed by atoms with Crippen LogP contribution in [0.4, 0.5) is 11.5 Å². The molecule has 0 unspecified atom stereocenters. The Labute approximate surface area is 157 Å². The maximum atomic E-state index is 12.7. The third-order valence-electron chi connectivity index (χ3n) is 3.96. The highest BCUT2D eigenvalue weighted by Crippen LogP contribution is 2.18. The highest BCUT2D eigenvalue weighted by molar-refractivity contribution is 6.30. The molecule has 6 heteroatoms. The third-order valence-corrected chi connectivity index (χ3v) is 4.21. The molecule has 3 rings (SSSR count). The predicted molar refractivity (Wildman–Crippen MR) is 104 cm³/mol. The number of halogens is 1. The van der Waals surface area contributed by atoms with E-state index in [4.69, 9.17) is 11.6 Å². The van der Waals surface area contributed by atoms with Gasteiger partial charge < -0.3 is 10.2 Å². The van der Waals surface area contributed by atoms with Crippen LogP contribution in [0.1, 0.15) is 15.9 Å². The van der Waals surface area contributed by atoms with E-state index in [1.165, 1.54) is 0 Å². The fourth-order valence-corrected chi connectivity index (χ4v) is 2.61. The zero-order valence-corrected chi connectivity index (χ0v) is 15.1. The fourth-order valence-electron chi connectivity index (χ4n) is 2.48. The number of hydrogen-bond acceptors (Lipinski definition) is 4. The summed E-state index contributed by atoms with van der Waals surface area (Å²) in [5, 5.41) is 3.85. The molecule has 1 aromatic carbocycles. The molecule has 0 aliphatic heterocycles. The van der Waals surface area contributed by atoms with Crippen LogP contribution in [0.25, 0.3) is 0 Å². The van der Waals surface area contributed by atoms with Crippen molar-refractivity contribution in [2.75, 3.05) is 18.9 Å². The second kappa shape index (κ2) is 8.45. The fraction of sp³-hybridized carbons (Fsp3) is 0.150. The molecule has 0 radical (unpaired) electrons. The lowest BCUT2D eigenvalue weighted by Gasteiger charge is -2.17. The molecule has 0 spiro atoms. The van der Waals surface area contributed by atoms with Crippen molar-refractivity contribution >= 4 is 29.0 Å². The molecular formula is C20H19ClN4O. The average Bonchev–Trinajstić information content (AvgIpc) is 2.68. The Morgan fingerprint density at radius 2 is 1.81 bits per heavy atom. The number of hydrogen-bond donors (Lipinski definition) is 1. The van der Waals surface area contributed by atoms with Gasteiger partial charge in [-0.25, -0.2) is 4.98 Å². The van der Waals surface area contributed by atoms with Crippen molar-refractivity contribution in [1.29, 1.82) is 0 Å². The van der Waals surface area contributed by atoms with E-state index in [9.17, 15) is 4.79 Å². The number of carbonyl (C=O) groups is 1. The lowest BCUT2D eigenvalue weighted by molar-refractivity contribution is 0.0796. The van der Waals surface area contributed by atoms with E-state index in [1.54, 1.807) is 54.8 Å². The summed E-state index contributed by atoms with van der Waals surface area (Å²) in [4.78, 5) is 22.6. The maximum absolute atomic E-state index is 12.7. The number of pyridine rings is 2. The smallest absolute Gasteiger partial charge is 0.253 e. The molecule has 2 heterocycles. The van der Waals surface area contributed by atoms with Gasteiger partial charge in [0.15, 0.2) is 0 Å². The Morgan fingerprint density at radius 3 is 2.54 bits per heavy atom. The van der Waals surface area contributed by atoms with Gasteiger partial charge in [0.1, 0.15) is 5.82 Å². The van der Waals surface area contributed by atoms with Crippen LogP contribution < -0.4 is 5.32 Å². The quantitative estimate of drug-likeness (QED) is 0.710. The monoisotopic (exact) mass is 366 g/mol. The van der Waals surface area contributed by atoms with Crippen molar-refractivity contribution in [2.24, 2.45) is 0 Å². The van der Waals surface area contributed by atoms with Crippen LogP contribution in [-0.4, -0.2) is 34.4 Å². The lowest BCUT2D eigenvalue weighted by atomic mass is 10.2. The Hall–Kier alpha value is -2.92. The number of benzene rings is 1. The molecule has 0 atom stereocenters. The molecule has 1 amide bonds. The van der Waals surface area contributed by atoms with E-state index in [0.717, 1.165) is 17.7 Å². The van der Waals surface area contributed by atoms with Crippen molar-refractivity contribution in [2.45, 2.75) is 6.42 Å². The second-order valence-corrected chi connectivity index (χ2v) is 6.33. The third kappa shape index (κ3) is 4.80. The van der Waals surface area contributed by atoms with Crippen LogP contribution in [0.15, 0.2) is 67.1 Å². The van der Waals surface area contributed by atoms with Gasteiger partial charge in [-0.15, -0.1) is 0 Å². The SMILES string of the molecule is CN(CCc1ccncc1)C(=O)c1ccnc(Nc2ccc(Cl)cc2)c1. The molecular weight excluding hydrogens is 348 g/mol. The minimum absolute atomic E-state index is 0.0411. The summed E-state index contributed by atoms with van der Waals surface area (Å²) in [7, 11) is 1.80. The van der Waals surface area contributed by atoms with E-state index in [0.29, 0.717) is 22.9 Å². The standard InChI is InChI=1S/C20H19ClN4O/c1-25(13-9-15-6-10-22-11-7-15)20(26)16-8-12-23-19(14-16)24-18-4-2-17(21)3-5-18/h2-8,10-12,14H,9,13H2,1H3,(H,23,24). The van der Waals surface area contributed by atoms with Crippen molar-refractivity contribution in [3.8, 4) is 0 Å². The van der Waals surface area contributed by atoms with Gasteiger partial charge in [0.25, 0.3) is 5.91 Å². The Bertz CT molecular complexity index is 868. The summed E-state index contributed by atoms with van der Waals surface area (Å²) in [6, 6.07) is 14.7. The minimum Gasteiger partial charge on any atom is -0.341 e. The number of nitrogens with one attached hydrogen (secondary N) is 1. The molecule has 0 bridgehead atoms. The number of aromatic nitrogens is 2. The van der Waals surface area contributed by atoms with E-state index in [-0.39, 0.29) is 5.91 Å². The van der Waals surface area contributed by atoms with Crippen molar-refractivity contribution in [3.05, 3.63) is 83.3 Å². The Balaban J connectivity index is 1.64. The molecule has 0 saturated heterocycles. The first-order chi connectivity index (χ1) is 12.6. The molecule has 5 nitrogen and oxygen atoms in total. The summed E-state index contributed by atoms with van der Waals surface area (Å²) < 4.78 is 0. The number of amides is 1. The number of rotatable bonds is 6. The normalized spacial score (nSPS) is 10.4. The van der Waals surface area contributed by atoms with Crippen LogP contribution in [0.3, 0.4) is 0 Å². The van der Waals surface area contributed by atoms with Gasteiger partial charge in [0, 0.05) is 48.5 Å². The molecule has 1 N–H and O–H groups in total. The summed E-state index contributed by atoms with van der Waals surface area (Å²) in [6.45, 7) is 0.630. The van der Waals surface area contributed by atoms with Gasteiger partial charge >= 0.3 is 0 Å². The summed E-state index contributed by atoms with van der Waals surface area (Å²) in [6.07, 6.45) is 5.93. The van der Waals surface area contributed by atoms with Gasteiger partial charge in [-0.1, -0.05) is 11.6 Å². The Kier molecular flexibility index (Phi) is 5.81. The highest BCUT2D eigenvalue weighted by Gasteiger charge is 2.12. The van der Waals surface area contributed by atoms with Crippen LogP contribution in [-0.2, 0) is 6.42 Å². The van der Waals surface area contributed by atoms with Crippen LogP contribution in [0.5, 0.6) is 0 Å². The largest absolute Gasteiger partial charge is 0.341 e. The molecule has 0 aliphatic rings. The average molecular weight is 367 g/mol. The topological polar surface area (TPSA) is 58.1 Å². The van der Waals surface area contributed by atoms with Crippen molar-refractivity contribution < 1.29 is 4.79 Å². The van der Waals surface area contributed by atoms with Crippen molar-refractivity contribution in [1.82, 2.24) is 14.9 Å². The number of nitrogens with zero attached hydrogens (tertiary/aromatic N) is 3. The first-order valence-electron chi connectivity index (χ1n) is 8.25. The summed E-state index contributed by atoms with van der Waals surface area (Å²) in [5.41, 5.74) is 2.60. The zero-order chi connectivity index (χ0) is 18.4. The van der Waals surface area contributed by atoms with Gasteiger partial charge in [-0.3, -0.25) is 9.78 Å². The van der Waals surface area contributed by atoms with Gasteiger partial charge in [0.2, 0.25) is 0 Å². The number of carbonyl (C=O) groups excluding carboxylic acids is 1. The van der Waals surface area contributed by atoms with Gasteiger partial charge in [-0.2, -0.15) is 0 Å². The first kappa shape index (κ1) is 17.9. The first-order valence-corrected chi connectivity index (χ1v) is 8.62. The van der Waals surface area contributed by atoms with Crippen molar-refractivity contribution in [3.63, 3.8) is 0 Å². The molecule has 2 aromatic heterocycles. The van der Waals surface area contributed by atoms with E-state index in [2.05, 4.69) is 15.3 Å². The van der Waals surface area contributed by atoms with Gasteiger partial charge in [-0.05, 0) is 60.5 Å². The highest BCUT2D eigenvalue weighted by atomic mass is 35.5. The molecule has 0 saturated carbocycles. The minimum atomic E-state index is -0.0411. The predicted octanol–water partition coefficient (Wildman–Crippen LogP) is 4.19. The number of anilines is 2. The molecule has 0 aliphatic carbocycles. The maximum Gasteiger partial charge on any atom is 0.253 e. The second-order valence-electron chi connectivity index (χ2n) is 5.89. The molecule has 3 aromatic rings. The summed E-state index contributed by atoms with van der Waals surface area (Å²) in [5.74, 6) is 0.571. The molecule has 132 valence electrons.